The van der Waals surface area contributed by atoms with Crippen molar-refractivity contribution < 1.29 is 9.59 Å². The molecule has 0 bridgehead atoms. The first-order valence-corrected chi connectivity index (χ1v) is 5.79. The van der Waals surface area contributed by atoms with E-state index in [1.807, 2.05) is 12.3 Å². The van der Waals surface area contributed by atoms with E-state index in [0.717, 1.165) is 17.1 Å². The van der Waals surface area contributed by atoms with Crippen LogP contribution in [0.2, 0.25) is 0 Å². The summed E-state index contributed by atoms with van der Waals surface area (Å²) in [5, 5.41) is 3.03. The van der Waals surface area contributed by atoms with Crippen LogP contribution in [0.4, 0.5) is 0 Å². The summed E-state index contributed by atoms with van der Waals surface area (Å²) in [4.78, 5) is 28.3. The van der Waals surface area contributed by atoms with Gasteiger partial charge >= 0.3 is 0 Å². The number of hydrogen-bond donors (Lipinski definition) is 0. The Morgan fingerprint density at radius 3 is 2.87 bits per heavy atom. The van der Waals surface area contributed by atoms with Crippen LogP contribution in [0, 0.1) is 0 Å². The SMILES string of the molecule is CCc1nc(CN2CC(=O)CC2=O)cs1. The number of Topliss-reactive ketones (excluding diaryl/α,β-unsaturated/α-hetero) is 1. The molecule has 1 aromatic rings. The smallest absolute Gasteiger partial charge is 0.230 e. The second-order valence-corrected chi connectivity index (χ2v) is 4.49. The van der Waals surface area contributed by atoms with Crippen molar-refractivity contribution in [1.29, 1.82) is 0 Å². The van der Waals surface area contributed by atoms with Gasteiger partial charge in [0.2, 0.25) is 5.91 Å². The molecule has 0 aromatic carbocycles. The Labute approximate surface area is 91.9 Å². The van der Waals surface area contributed by atoms with Crippen molar-refractivity contribution in [3.05, 3.63) is 16.1 Å². The van der Waals surface area contributed by atoms with E-state index >= 15 is 0 Å². The van der Waals surface area contributed by atoms with E-state index in [-0.39, 0.29) is 24.7 Å². The number of carbonyl (C=O) groups excluding carboxylic acids is 2. The van der Waals surface area contributed by atoms with Gasteiger partial charge in [-0.25, -0.2) is 4.98 Å². The highest BCUT2D eigenvalue weighted by molar-refractivity contribution is 7.09. The van der Waals surface area contributed by atoms with E-state index in [1.54, 1.807) is 16.2 Å². The van der Waals surface area contributed by atoms with Gasteiger partial charge < -0.3 is 4.90 Å². The highest BCUT2D eigenvalue weighted by atomic mass is 32.1. The molecule has 5 heteroatoms. The van der Waals surface area contributed by atoms with Crippen LogP contribution in [0.25, 0.3) is 0 Å². The Morgan fingerprint density at radius 2 is 2.33 bits per heavy atom. The summed E-state index contributed by atoms with van der Waals surface area (Å²) in [7, 11) is 0. The highest BCUT2D eigenvalue weighted by Crippen LogP contribution is 2.15. The molecule has 1 amide bonds. The van der Waals surface area contributed by atoms with Crippen molar-refractivity contribution in [3.63, 3.8) is 0 Å². The van der Waals surface area contributed by atoms with Gasteiger partial charge in [0, 0.05) is 5.38 Å². The van der Waals surface area contributed by atoms with E-state index in [1.165, 1.54) is 0 Å². The molecule has 0 N–H and O–H groups in total. The Kier molecular flexibility index (Phi) is 2.81. The van der Waals surface area contributed by atoms with Crippen LogP contribution < -0.4 is 0 Å². The zero-order valence-corrected chi connectivity index (χ0v) is 9.34. The van der Waals surface area contributed by atoms with E-state index in [4.69, 9.17) is 0 Å². The number of amides is 1. The van der Waals surface area contributed by atoms with Crippen LogP contribution in [0.5, 0.6) is 0 Å². The van der Waals surface area contributed by atoms with Crippen LogP contribution in [-0.2, 0) is 22.6 Å². The predicted molar refractivity (Wildman–Crippen MR) is 56.5 cm³/mol. The summed E-state index contributed by atoms with van der Waals surface area (Å²) in [6.45, 7) is 2.77. The Morgan fingerprint density at radius 1 is 1.53 bits per heavy atom. The molecule has 2 heterocycles. The number of ketones is 1. The number of hydrogen-bond acceptors (Lipinski definition) is 4. The number of aryl methyl sites for hydroxylation is 1. The Balaban J connectivity index is 2.02. The zero-order valence-electron chi connectivity index (χ0n) is 8.52. The molecule has 0 unspecified atom stereocenters. The number of aromatic nitrogens is 1. The molecule has 15 heavy (non-hydrogen) atoms. The molecule has 80 valence electrons. The number of thiazole rings is 1. The minimum absolute atomic E-state index is 0.00550. The lowest BCUT2D eigenvalue weighted by Crippen LogP contribution is -2.24. The molecule has 1 fully saturated rings. The molecule has 0 aliphatic carbocycles. The van der Waals surface area contributed by atoms with Crippen LogP contribution in [-0.4, -0.2) is 28.1 Å². The quantitative estimate of drug-likeness (QED) is 0.720. The first-order valence-electron chi connectivity index (χ1n) is 4.91. The molecule has 1 aromatic heterocycles. The fraction of sp³-hybridized carbons (Fsp3) is 0.500. The lowest BCUT2D eigenvalue weighted by molar-refractivity contribution is -0.128. The number of nitrogens with zero attached hydrogens (tertiary/aromatic N) is 2. The average molecular weight is 224 g/mol. The third kappa shape index (κ3) is 2.23. The van der Waals surface area contributed by atoms with Crippen molar-refractivity contribution in [2.75, 3.05) is 6.54 Å². The fourth-order valence-electron chi connectivity index (χ4n) is 1.56. The lowest BCUT2D eigenvalue weighted by Gasteiger charge is -2.11. The summed E-state index contributed by atoms with van der Waals surface area (Å²) < 4.78 is 0. The van der Waals surface area contributed by atoms with Gasteiger partial charge in [-0.15, -0.1) is 11.3 Å². The molecule has 0 radical (unpaired) electrons. The monoisotopic (exact) mass is 224 g/mol. The van der Waals surface area contributed by atoms with Crippen molar-refractivity contribution >= 4 is 23.0 Å². The summed E-state index contributed by atoms with van der Waals surface area (Å²) >= 11 is 1.60. The van der Waals surface area contributed by atoms with Crippen LogP contribution in [0.3, 0.4) is 0 Å². The number of carbonyl (C=O) groups is 2. The average Bonchev–Trinajstić information content (AvgIpc) is 2.75. The molecule has 0 saturated carbocycles. The second-order valence-electron chi connectivity index (χ2n) is 3.55. The van der Waals surface area contributed by atoms with E-state index < -0.39 is 0 Å². The Hall–Kier alpha value is -1.23. The minimum Gasteiger partial charge on any atom is -0.329 e. The zero-order chi connectivity index (χ0) is 10.8. The van der Waals surface area contributed by atoms with Crippen LogP contribution in [0.1, 0.15) is 24.0 Å². The predicted octanol–water partition coefficient (Wildman–Crippen LogP) is 1.01. The maximum absolute atomic E-state index is 11.3. The van der Waals surface area contributed by atoms with Gasteiger partial charge in [-0.05, 0) is 6.42 Å². The number of likely N-dealkylation sites (tertiary alicyclic amines) is 1. The minimum atomic E-state index is -0.0777. The maximum Gasteiger partial charge on any atom is 0.230 e. The summed E-state index contributed by atoms with van der Waals surface area (Å²) in [5.41, 5.74) is 0.889. The normalized spacial score (nSPS) is 16.5. The summed E-state index contributed by atoms with van der Waals surface area (Å²) in [5.74, 6) is -0.0722. The standard InChI is InChI=1S/C10H12N2O2S/c1-2-9-11-7(6-15-9)4-12-5-8(13)3-10(12)14/h6H,2-5H2,1H3. The van der Waals surface area contributed by atoms with E-state index in [9.17, 15) is 9.59 Å². The van der Waals surface area contributed by atoms with Crippen LogP contribution in [0.15, 0.2) is 5.38 Å². The second kappa shape index (κ2) is 4.10. The van der Waals surface area contributed by atoms with Crippen molar-refractivity contribution in [2.45, 2.75) is 26.3 Å². The van der Waals surface area contributed by atoms with Crippen molar-refractivity contribution in [3.8, 4) is 0 Å². The van der Waals surface area contributed by atoms with Crippen molar-refractivity contribution in [2.24, 2.45) is 0 Å². The first-order chi connectivity index (χ1) is 7.19. The molecule has 4 nitrogen and oxygen atoms in total. The summed E-state index contributed by atoms with van der Waals surface area (Å²) in [6.07, 6.45) is 0.975. The lowest BCUT2D eigenvalue weighted by atomic mass is 10.3. The topological polar surface area (TPSA) is 50.3 Å². The van der Waals surface area contributed by atoms with E-state index in [2.05, 4.69) is 4.98 Å². The molecule has 1 aliphatic rings. The summed E-state index contributed by atoms with van der Waals surface area (Å²) in [6, 6.07) is 0. The van der Waals surface area contributed by atoms with Crippen molar-refractivity contribution in [1.82, 2.24) is 9.88 Å². The third-order valence-corrected chi connectivity index (χ3v) is 3.36. The molecule has 2 rings (SSSR count). The van der Waals surface area contributed by atoms with Gasteiger partial charge in [0.25, 0.3) is 0 Å². The van der Waals surface area contributed by atoms with Gasteiger partial charge in [0.05, 0.1) is 30.2 Å². The molecule has 1 saturated heterocycles. The van der Waals surface area contributed by atoms with Gasteiger partial charge in [-0.1, -0.05) is 6.92 Å². The largest absolute Gasteiger partial charge is 0.329 e. The molecular weight excluding hydrogens is 212 g/mol. The van der Waals surface area contributed by atoms with Gasteiger partial charge in [-0.2, -0.15) is 0 Å². The highest BCUT2D eigenvalue weighted by Gasteiger charge is 2.27. The van der Waals surface area contributed by atoms with Crippen LogP contribution >= 0.6 is 11.3 Å². The van der Waals surface area contributed by atoms with Gasteiger partial charge in [0.1, 0.15) is 0 Å². The molecule has 1 aliphatic heterocycles. The van der Waals surface area contributed by atoms with E-state index in [0.29, 0.717) is 6.54 Å². The molecular formula is C10H12N2O2S. The van der Waals surface area contributed by atoms with Gasteiger partial charge in [-0.3, -0.25) is 9.59 Å². The molecule has 0 spiro atoms. The third-order valence-electron chi connectivity index (χ3n) is 2.32. The first kappa shape index (κ1) is 10.3. The fourth-order valence-corrected chi connectivity index (χ4v) is 2.30. The Bertz CT molecular complexity index is 400. The van der Waals surface area contributed by atoms with Gasteiger partial charge in [0.15, 0.2) is 5.78 Å². The maximum atomic E-state index is 11.3. The number of rotatable bonds is 3. The molecule has 0 atom stereocenters.